The van der Waals surface area contributed by atoms with E-state index in [0.29, 0.717) is 3.57 Å². The predicted molar refractivity (Wildman–Crippen MR) is 140 cm³/mol. The molecular weight excluding hydrogens is 566 g/mol. The van der Waals surface area contributed by atoms with Gasteiger partial charge in [0.05, 0.1) is 10.2 Å². The average molecular weight is 594 g/mol. The van der Waals surface area contributed by atoms with E-state index in [4.69, 9.17) is 19.6 Å². The Balaban J connectivity index is 1.94. The lowest BCUT2D eigenvalue weighted by molar-refractivity contribution is 0.0365. The fraction of sp³-hybridized carbons (Fsp3) is 0.280. The smallest absolute Gasteiger partial charge is 0.404 e. The van der Waals surface area contributed by atoms with Crippen LogP contribution in [-0.2, 0) is 9.16 Å². The molecule has 0 bridgehead atoms. The summed E-state index contributed by atoms with van der Waals surface area (Å²) in [4.78, 5) is 15.3. The first kappa shape index (κ1) is 26.1. The van der Waals surface area contributed by atoms with Crippen molar-refractivity contribution in [3.63, 3.8) is 0 Å². The summed E-state index contributed by atoms with van der Waals surface area (Å²) in [7, 11) is -2.87. The van der Waals surface area contributed by atoms with Crippen molar-refractivity contribution in [3.05, 3.63) is 82.4 Å². The molecule has 3 rings (SSSR count). The standard InChI is InChI=1S/C25H28FIN2O4Si/c1-25(2,3)34(19-10-6-4-7-11-19,20-12-8-5-9-13-20)32-17-18(33-24(28)30)16-31-22-21(27)14-15-29-23(22)26/h4-15,18H,16-17H2,1-3H3,(H2,28,30). The largest absolute Gasteiger partial charge is 0.484 e. The maximum absolute atomic E-state index is 14.1. The third-order valence-electron chi connectivity index (χ3n) is 5.41. The minimum atomic E-state index is -2.87. The van der Waals surface area contributed by atoms with Crippen LogP contribution in [0.5, 0.6) is 5.75 Å². The van der Waals surface area contributed by atoms with Crippen molar-refractivity contribution >= 4 is 47.4 Å². The first-order chi connectivity index (χ1) is 16.1. The van der Waals surface area contributed by atoms with E-state index in [1.54, 1.807) is 6.07 Å². The Morgan fingerprint density at radius 2 is 1.59 bits per heavy atom. The molecule has 0 aliphatic heterocycles. The molecule has 2 aromatic carbocycles. The highest BCUT2D eigenvalue weighted by molar-refractivity contribution is 14.1. The average Bonchev–Trinajstić information content (AvgIpc) is 2.79. The van der Waals surface area contributed by atoms with Crippen molar-refractivity contribution in [2.75, 3.05) is 13.2 Å². The normalized spacial score (nSPS) is 12.7. The molecule has 180 valence electrons. The minimum Gasteiger partial charge on any atom is -0.484 e. The lowest BCUT2D eigenvalue weighted by atomic mass is 10.2. The Hall–Kier alpha value is -2.50. The topological polar surface area (TPSA) is 83.7 Å². The molecule has 0 saturated heterocycles. The molecule has 1 unspecified atom stereocenters. The van der Waals surface area contributed by atoms with Gasteiger partial charge in [-0.15, -0.1) is 0 Å². The van der Waals surface area contributed by atoms with Gasteiger partial charge in [0.2, 0.25) is 0 Å². The van der Waals surface area contributed by atoms with Crippen LogP contribution in [-0.4, -0.2) is 38.7 Å². The third-order valence-corrected chi connectivity index (χ3v) is 11.3. The molecule has 3 aromatic rings. The second kappa shape index (κ2) is 11.3. The van der Waals surface area contributed by atoms with E-state index in [-0.39, 0.29) is 24.0 Å². The lowest BCUT2D eigenvalue weighted by Gasteiger charge is -2.43. The molecule has 1 amide bonds. The van der Waals surface area contributed by atoms with Crippen molar-refractivity contribution in [3.8, 4) is 5.75 Å². The highest BCUT2D eigenvalue weighted by atomic mass is 127. The predicted octanol–water partition coefficient (Wildman–Crippen LogP) is 4.24. The molecule has 34 heavy (non-hydrogen) atoms. The third kappa shape index (κ3) is 5.94. The van der Waals surface area contributed by atoms with Crippen molar-refractivity contribution in [1.29, 1.82) is 0 Å². The molecule has 1 atom stereocenters. The summed E-state index contributed by atoms with van der Waals surface area (Å²) in [5.74, 6) is -0.746. The first-order valence-electron chi connectivity index (χ1n) is 10.8. The van der Waals surface area contributed by atoms with Gasteiger partial charge in [-0.25, -0.2) is 9.78 Å². The second-order valence-electron chi connectivity index (χ2n) is 8.76. The van der Waals surface area contributed by atoms with Crippen LogP contribution in [0.1, 0.15) is 20.8 Å². The minimum absolute atomic E-state index is 0.00776. The first-order valence-corrected chi connectivity index (χ1v) is 13.8. The van der Waals surface area contributed by atoms with Crippen molar-refractivity contribution < 1.29 is 23.1 Å². The number of hydrogen-bond donors (Lipinski definition) is 1. The summed E-state index contributed by atoms with van der Waals surface area (Å²) < 4.78 is 32.4. The molecule has 0 saturated carbocycles. The zero-order chi connectivity index (χ0) is 24.8. The molecular formula is C25H28FIN2O4Si. The molecule has 0 aliphatic rings. The fourth-order valence-electron chi connectivity index (χ4n) is 3.97. The van der Waals surface area contributed by atoms with Gasteiger partial charge in [-0.3, -0.25) is 0 Å². The van der Waals surface area contributed by atoms with Gasteiger partial charge >= 0.3 is 6.09 Å². The van der Waals surface area contributed by atoms with Crippen LogP contribution in [0.25, 0.3) is 0 Å². The number of carbonyl (C=O) groups is 1. The number of nitrogens with zero attached hydrogens (tertiary/aromatic N) is 1. The number of halogens is 2. The number of rotatable bonds is 9. The summed E-state index contributed by atoms with van der Waals surface area (Å²) in [5.41, 5.74) is 5.32. The maximum Gasteiger partial charge on any atom is 0.404 e. The zero-order valence-electron chi connectivity index (χ0n) is 19.3. The van der Waals surface area contributed by atoms with Gasteiger partial charge in [-0.05, 0) is 44.1 Å². The van der Waals surface area contributed by atoms with Crippen LogP contribution < -0.4 is 20.8 Å². The van der Waals surface area contributed by atoms with Gasteiger partial charge in [0.25, 0.3) is 14.3 Å². The van der Waals surface area contributed by atoms with E-state index < -0.39 is 26.5 Å². The molecule has 0 fully saturated rings. The molecule has 2 N–H and O–H groups in total. The van der Waals surface area contributed by atoms with Crippen molar-refractivity contribution in [2.45, 2.75) is 31.9 Å². The van der Waals surface area contributed by atoms with Crippen molar-refractivity contribution in [2.24, 2.45) is 5.73 Å². The van der Waals surface area contributed by atoms with Gasteiger partial charge < -0.3 is 19.6 Å². The van der Waals surface area contributed by atoms with E-state index in [2.05, 4.69) is 50.0 Å². The quantitative estimate of drug-likeness (QED) is 0.228. The van der Waals surface area contributed by atoms with E-state index in [9.17, 15) is 9.18 Å². The molecule has 6 nitrogen and oxygen atoms in total. The Morgan fingerprint density at radius 3 is 2.06 bits per heavy atom. The monoisotopic (exact) mass is 594 g/mol. The second-order valence-corrected chi connectivity index (χ2v) is 14.2. The van der Waals surface area contributed by atoms with Crippen molar-refractivity contribution in [1.82, 2.24) is 4.98 Å². The number of hydrogen-bond acceptors (Lipinski definition) is 5. The molecule has 0 radical (unpaired) electrons. The van der Waals surface area contributed by atoms with Crippen LogP contribution in [0, 0.1) is 9.52 Å². The van der Waals surface area contributed by atoms with E-state index in [1.807, 2.05) is 59.0 Å². The van der Waals surface area contributed by atoms with E-state index >= 15 is 0 Å². The summed E-state index contributed by atoms with van der Waals surface area (Å²) >= 11 is 1.96. The highest BCUT2D eigenvalue weighted by Gasteiger charge is 2.50. The molecule has 1 aromatic heterocycles. The number of amides is 1. The van der Waals surface area contributed by atoms with E-state index in [1.165, 1.54) is 6.20 Å². The number of carbonyl (C=O) groups excluding carboxylic acids is 1. The van der Waals surface area contributed by atoms with Gasteiger partial charge in [0.15, 0.2) is 11.9 Å². The van der Waals surface area contributed by atoms with Gasteiger partial charge in [0, 0.05) is 6.20 Å². The lowest BCUT2D eigenvalue weighted by Crippen LogP contribution is -2.67. The molecule has 1 heterocycles. The zero-order valence-corrected chi connectivity index (χ0v) is 22.5. The Bertz CT molecular complexity index is 1040. The van der Waals surface area contributed by atoms with Gasteiger partial charge in [-0.1, -0.05) is 81.4 Å². The SMILES string of the molecule is CC(C)(C)[Si](OCC(COc1c(I)ccnc1F)OC(N)=O)(c1ccccc1)c1ccccc1. The molecule has 9 heteroatoms. The summed E-state index contributed by atoms with van der Waals surface area (Å²) in [6.45, 7) is 6.32. The Morgan fingerprint density at radius 1 is 1.03 bits per heavy atom. The number of aromatic nitrogens is 1. The van der Waals surface area contributed by atoms with Crippen LogP contribution in [0.3, 0.4) is 0 Å². The number of benzene rings is 2. The van der Waals surface area contributed by atoms with Crippen LogP contribution in [0.4, 0.5) is 9.18 Å². The van der Waals surface area contributed by atoms with Crippen LogP contribution in [0.15, 0.2) is 72.9 Å². The molecule has 0 aliphatic carbocycles. The van der Waals surface area contributed by atoms with Gasteiger partial charge in [-0.2, -0.15) is 4.39 Å². The maximum atomic E-state index is 14.1. The summed E-state index contributed by atoms with van der Waals surface area (Å²) in [5, 5.41) is 1.90. The fourth-order valence-corrected chi connectivity index (χ4v) is 9.10. The van der Waals surface area contributed by atoms with E-state index in [0.717, 1.165) is 10.4 Å². The Labute approximate surface area is 213 Å². The number of pyridine rings is 1. The Kier molecular flexibility index (Phi) is 8.66. The number of nitrogens with two attached hydrogens (primary N) is 1. The molecule has 0 spiro atoms. The van der Waals surface area contributed by atoms with Crippen LogP contribution >= 0.6 is 22.6 Å². The summed E-state index contributed by atoms with van der Waals surface area (Å²) in [6, 6.07) is 21.8. The number of ether oxygens (including phenoxy) is 2. The van der Waals surface area contributed by atoms with Gasteiger partial charge in [0.1, 0.15) is 6.61 Å². The summed E-state index contributed by atoms with van der Waals surface area (Å²) in [6.07, 6.45) is -0.455. The number of primary amides is 1. The highest BCUT2D eigenvalue weighted by Crippen LogP contribution is 2.37. The van der Waals surface area contributed by atoms with Crippen LogP contribution in [0.2, 0.25) is 5.04 Å².